The Hall–Kier alpha value is -0.130. The van der Waals surface area contributed by atoms with Crippen LogP contribution in [-0.2, 0) is 10.0 Å². The van der Waals surface area contributed by atoms with Gasteiger partial charge in [-0.2, -0.15) is 0 Å². The standard InChI is InChI=1S/C11H25NO3S/c1-5-9-16(14,15)12(7-6-8-13)10-11(2,3)4/h13H,5-10H2,1-4H3. The van der Waals surface area contributed by atoms with Crippen LogP contribution in [0.5, 0.6) is 0 Å². The molecule has 0 aliphatic rings. The second kappa shape index (κ2) is 6.57. The molecule has 98 valence electrons. The summed E-state index contributed by atoms with van der Waals surface area (Å²) < 4.78 is 25.4. The van der Waals surface area contributed by atoms with Gasteiger partial charge >= 0.3 is 0 Å². The minimum atomic E-state index is -3.16. The third-order valence-electron chi connectivity index (χ3n) is 2.07. The lowest BCUT2D eigenvalue weighted by molar-refractivity contribution is 0.241. The molecule has 0 rings (SSSR count). The second-order valence-electron chi connectivity index (χ2n) is 5.29. The van der Waals surface area contributed by atoms with Gasteiger partial charge in [0.15, 0.2) is 0 Å². The molecule has 0 aliphatic heterocycles. The summed E-state index contributed by atoms with van der Waals surface area (Å²) in [7, 11) is -3.16. The fourth-order valence-corrected chi connectivity index (χ4v) is 3.25. The maximum absolute atomic E-state index is 12.0. The molecule has 0 radical (unpaired) electrons. The minimum Gasteiger partial charge on any atom is -0.396 e. The first-order chi connectivity index (χ1) is 7.23. The van der Waals surface area contributed by atoms with Crippen molar-refractivity contribution < 1.29 is 13.5 Å². The molecule has 0 saturated heterocycles. The molecular formula is C11H25NO3S. The Bertz CT molecular complexity index is 280. The van der Waals surface area contributed by atoms with Crippen molar-refractivity contribution in [3.63, 3.8) is 0 Å². The van der Waals surface area contributed by atoms with Gasteiger partial charge in [0, 0.05) is 19.7 Å². The molecule has 1 N–H and O–H groups in total. The van der Waals surface area contributed by atoms with E-state index in [9.17, 15) is 8.42 Å². The molecule has 0 saturated carbocycles. The molecule has 0 atom stereocenters. The monoisotopic (exact) mass is 251 g/mol. The van der Waals surface area contributed by atoms with Gasteiger partial charge in [-0.1, -0.05) is 27.7 Å². The van der Waals surface area contributed by atoms with Crippen LogP contribution < -0.4 is 0 Å². The molecule has 0 aliphatic carbocycles. The van der Waals surface area contributed by atoms with Crippen molar-refractivity contribution in [1.82, 2.24) is 4.31 Å². The van der Waals surface area contributed by atoms with Crippen LogP contribution in [0.3, 0.4) is 0 Å². The predicted octanol–water partition coefficient (Wildman–Crippen LogP) is 1.46. The fraction of sp³-hybridized carbons (Fsp3) is 1.00. The fourth-order valence-electron chi connectivity index (χ4n) is 1.48. The summed E-state index contributed by atoms with van der Waals surface area (Å²) in [6, 6.07) is 0. The highest BCUT2D eigenvalue weighted by atomic mass is 32.2. The Morgan fingerprint density at radius 2 is 1.81 bits per heavy atom. The first-order valence-corrected chi connectivity index (χ1v) is 7.42. The highest BCUT2D eigenvalue weighted by Crippen LogP contribution is 2.18. The van der Waals surface area contributed by atoms with Gasteiger partial charge in [0.2, 0.25) is 10.0 Å². The first-order valence-electron chi connectivity index (χ1n) is 5.81. The van der Waals surface area contributed by atoms with E-state index in [2.05, 4.69) is 0 Å². The number of nitrogens with zero attached hydrogens (tertiary/aromatic N) is 1. The van der Waals surface area contributed by atoms with Crippen molar-refractivity contribution >= 4 is 10.0 Å². The average molecular weight is 251 g/mol. The van der Waals surface area contributed by atoms with E-state index in [1.807, 2.05) is 27.7 Å². The molecule has 0 aromatic rings. The number of rotatable bonds is 7. The van der Waals surface area contributed by atoms with E-state index in [0.717, 1.165) is 0 Å². The molecular weight excluding hydrogens is 226 g/mol. The maximum Gasteiger partial charge on any atom is 0.214 e. The van der Waals surface area contributed by atoms with Crippen molar-refractivity contribution in [2.75, 3.05) is 25.4 Å². The topological polar surface area (TPSA) is 57.6 Å². The van der Waals surface area contributed by atoms with E-state index < -0.39 is 10.0 Å². The lowest BCUT2D eigenvalue weighted by Crippen LogP contribution is -2.39. The summed E-state index contributed by atoms with van der Waals surface area (Å²) in [6.07, 6.45) is 1.13. The third kappa shape index (κ3) is 6.45. The number of hydrogen-bond donors (Lipinski definition) is 1. The molecule has 4 nitrogen and oxygen atoms in total. The number of sulfonamides is 1. The van der Waals surface area contributed by atoms with Gasteiger partial charge < -0.3 is 5.11 Å². The third-order valence-corrected chi connectivity index (χ3v) is 4.09. The molecule has 0 amide bonds. The maximum atomic E-state index is 12.0. The van der Waals surface area contributed by atoms with E-state index in [1.165, 1.54) is 4.31 Å². The van der Waals surface area contributed by atoms with Gasteiger partial charge in [-0.3, -0.25) is 0 Å². The van der Waals surface area contributed by atoms with Crippen LogP contribution in [0.1, 0.15) is 40.5 Å². The van der Waals surface area contributed by atoms with Crippen LogP contribution >= 0.6 is 0 Å². The molecule has 0 spiro atoms. The van der Waals surface area contributed by atoms with Gasteiger partial charge in [0.1, 0.15) is 0 Å². The van der Waals surface area contributed by atoms with Gasteiger partial charge in [0.05, 0.1) is 5.75 Å². The normalized spacial score (nSPS) is 13.4. The van der Waals surface area contributed by atoms with Crippen LogP contribution in [0, 0.1) is 5.41 Å². The van der Waals surface area contributed by atoms with E-state index >= 15 is 0 Å². The average Bonchev–Trinajstić information content (AvgIpc) is 2.10. The predicted molar refractivity (Wildman–Crippen MR) is 66.8 cm³/mol. The summed E-state index contributed by atoms with van der Waals surface area (Å²) in [5.41, 5.74) is -0.0593. The SMILES string of the molecule is CCCS(=O)(=O)N(CCCO)CC(C)(C)C. The molecule has 16 heavy (non-hydrogen) atoms. The van der Waals surface area contributed by atoms with Crippen LogP contribution in [0.25, 0.3) is 0 Å². The van der Waals surface area contributed by atoms with Crippen molar-refractivity contribution in [3.05, 3.63) is 0 Å². The molecule has 0 aromatic heterocycles. The minimum absolute atomic E-state index is 0.0300. The zero-order chi connectivity index (χ0) is 12.8. The molecule has 0 bridgehead atoms. The Balaban J connectivity index is 4.66. The van der Waals surface area contributed by atoms with Gasteiger partial charge in [-0.25, -0.2) is 12.7 Å². The lowest BCUT2D eigenvalue weighted by Gasteiger charge is -2.29. The summed E-state index contributed by atoms with van der Waals surface area (Å²) in [5.74, 6) is 0.189. The Morgan fingerprint density at radius 3 is 2.19 bits per heavy atom. The van der Waals surface area contributed by atoms with Crippen molar-refractivity contribution in [3.8, 4) is 0 Å². The smallest absolute Gasteiger partial charge is 0.214 e. The Labute approximate surface area is 99.7 Å². The van der Waals surface area contributed by atoms with Crippen molar-refractivity contribution in [1.29, 1.82) is 0 Å². The number of aliphatic hydroxyl groups excluding tert-OH is 1. The largest absolute Gasteiger partial charge is 0.396 e. The van der Waals surface area contributed by atoms with Crippen molar-refractivity contribution in [2.24, 2.45) is 5.41 Å². The molecule has 5 heteroatoms. The summed E-state index contributed by atoms with van der Waals surface area (Å²) in [6.45, 7) is 8.85. The molecule has 0 heterocycles. The van der Waals surface area contributed by atoms with Crippen LogP contribution in [0.2, 0.25) is 0 Å². The number of aliphatic hydroxyl groups is 1. The van der Waals surface area contributed by atoms with E-state index in [1.54, 1.807) is 0 Å². The Kier molecular flexibility index (Phi) is 6.51. The quantitative estimate of drug-likeness (QED) is 0.745. The zero-order valence-electron chi connectivity index (χ0n) is 10.9. The van der Waals surface area contributed by atoms with E-state index in [0.29, 0.717) is 25.9 Å². The highest BCUT2D eigenvalue weighted by Gasteiger charge is 2.25. The van der Waals surface area contributed by atoms with Crippen LogP contribution in [-0.4, -0.2) is 43.3 Å². The van der Waals surface area contributed by atoms with Gasteiger partial charge in [-0.05, 0) is 18.3 Å². The van der Waals surface area contributed by atoms with E-state index in [4.69, 9.17) is 5.11 Å². The van der Waals surface area contributed by atoms with Crippen LogP contribution in [0.15, 0.2) is 0 Å². The van der Waals surface area contributed by atoms with E-state index in [-0.39, 0.29) is 17.8 Å². The molecule has 0 unspecified atom stereocenters. The Morgan fingerprint density at radius 1 is 1.25 bits per heavy atom. The van der Waals surface area contributed by atoms with Crippen molar-refractivity contribution in [2.45, 2.75) is 40.5 Å². The summed E-state index contributed by atoms with van der Waals surface area (Å²) in [4.78, 5) is 0. The summed E-state index contributed by atoms with van der Waals surface area (Å²) >= 11 is 0. The lowest BCUT2D eigenvalue weighted by atomic mass is 9.97. The first kappa shape index (κ1) is 15.9. The zero-order valence-corrected chi connectivity index (χ0v) is 11.7. The highest BCUT2D eigenvalue weighted by molar-refractivity contribution is 7.89. The van der Waals surface area contributed by atoms with Gasteiger partial charge in [0.25, 0.3) is 0 Å². The van der Waals surface area contributed by atoms with Crippen LogP contribution in [0.4, 0.5) is 0 Å². The second-order valence-corrected chi connectivity index (χ2v) is 7.38. The molecule has 0 fully saturated rings. The van der Waals surface area contributed by atoms with Gasteiger partial charge in [-0.15, -0.1) is 0 Å². The number of hydrogen-bond acceptors (Lipinski definition) is 3. The molecule has 0 aromatic carbocycles. The summed E-state index contributed by atoms with van der Waals surface area (Å²) in [5, 5.41) is 8.79.